The number of aliphatic carboxylic acids is 1. The molecular formula is C27H21F5N2O4. The van der Waals surface area contributed by atoms with Gasteiger partial charge in [-0.1, -0.05) is 0 Å². The van der Waals surface area contributed by atoms with E-state index in [0.29, 0.717) is 11.6 Å². The van der Waals surface area contributed by atoms with E-state index in [-0.39, 0.29) is 41.3 Å². The Kier molecular flexibility index (Phi) is 6.96. The first-order valence-electron chi connectivity index (χ1n) is 11.4. The fourth-order valence-electron chi connectivity index (χ4n) is 3.96. The smallest absolute Gasteiger partial charge is 0.416 e. The Morgan fingerprint density at radius 1 is 1.03 bits per heavy atom. The van der Waals surface area contributed by atoms with Crippen LogP contribution in [-0.2, 0) is 11.0 Å². The number of benzene rings is 3. The van der Waals surface area contributed by atoms with Crippen LogP contribution in [0.4, 0.5) is 27.6 Å². The van der Waals surface area contributed by atoms with Gasteiger partial charge in [0.1, 0.15) is 23.1 Å². The minimum atomic E-state index is -4.75. The first kappa shape index (κ1) is 26.8. The highest BCUT2D eigenvalue weighted by molar-refractivity contribution is 6.08. The second-order valence-corrected chi connectivity index (χ2v) is 9.01. The average Bonchev–Trinajstić information content (AvgIpc) is 3.25. The maximum atomic E-state index is 14.6. The summed E-state index contributed by atoms with van der Waals surface area (Å²) in [5, 5.41) is 11.8. The number of carbonyl (C=O) groups is 2. The lowest BCUT2D eigenvalue weighted by Crippen LogP contribution is -2.30. The number of nitrogens with one attached hydrogen (secondary N) is 1. The van der Waals surface area contributed by atoms with Gasteiger partial charge < -0.3 is 15.2 Å². The minimum Gasteiger partial charge on any atom is -0.479 e. The SMILES string of the molecule is Cc1cc(F)ccc1Oc1ccc(C(F)(F)F)cc1C(=O)Nc1ccc(F)c(C2=NC(C)(C(=O)O)CC2)c1. The monoisotopic (exact) mass is 532 g/mol. The molecule has 1 aliphatic heterocycles. The van der Waals surface area contributed by atoms with Crippen LogP contribution in [-0.4, -0.2) is 28.2 Å². The zero-order chi connectivity index (χ0) is 27.8. The number of rotatable bonds is 6. The Balaban J connectivity index is 1.68. The summed E-state index contributed by atoms with van der Waals surface area (Å²) in [6.45, 7) is 2.94. The first-order valence-corrected chi connectivity index (χ1v) is 11.4. The van der Waals surface area contributed by atoms with Crippen LogP contribution in [0.3, 0.4) is 0 Å². The largest absolute Gasteiger partial charge is 0.479 e. The summed E-state index contributed by atoms with van der Waals surface area (Å²) >= 11 is 0. The van der Waals surface area contributed by atoms with Gasteiger partial charge in [0.15, 0.2) is 5.54 Å². The van der Waals surface area contributed by atoms with Crippen molar-refractivity contribution in [3.8, 4) is 11.5 Å². The molecule has 38 heavy (non-hydrogen) atoms. The Hall–Kier alpha value is -4.28. The lowest BCUT2D eigenvalue weighted by Gasteiger charge is -2.16. The molecule has 0 saturated heterocycles. The fraction of sp³-hybridized carbons (Fsp3) is 0.222. The van der Waals surface area contributed by atoms with Crippen LogP contribution >= 0.6 is 0 Å². The zero-order valence-electron chi connectivity index (χ0n) is 20.1. The number of nitrogens with zero attached hydrogens (tertiary/aromatic N) is 1. The van der Waals surface area contributed by atoms with Gasteiger partial charge in [0.2, 0.25) is 0 Å². The molecule has 0 aliphatic carbocycles. The quantitative estimate of drug-likeness (QED) is 0.343. The summed E-state index contributed by atoms with van der Waals surface area (Å²) in [7, 11) is 0. The molecule has 1 amide bonds. The molecule has 0 radical (unpaired) electrons. The number of anilines is 1. The van der Waals surface area contributed by atoms with Crippen LogP contribution in [0, 0.1) is 18.6 Å². The Bertz CT molecular complexity index is 1470. The van der Waals surface area contributed by atoms with Crippen molar-refractivity contribution in [1.82, 2.24) is 0 Å². The maximum absolute atomic E-state index is 14.6. The zero-order valence-corrected chi connectivity index (χ0v) is 20.1. The molecule has 1 unspecified atom stereocenters. The molecule has 11 heteroatoms. The van der Waals surface area contributed by atoms with Crippen molar-refractivity contribution in [1.29, 1.82) is 0 Å². The van der Waals surface area contributed by atoms with E-state index in [4.69, 9.17) is 4.74 Å². The molecule has 1 heterocycles. The second kappa shape index (κ2) is 9.88. The summed E-state index contributed by atoms with van der Waals surface area (Å²) in [5.41, 5.74) is -2.42. The summed E-state index contributed by atoms with van der Waals surface area (Å²) in [6, 6.07) is 9.38. The molecule has 2 N–H and O–H groups in total. The topological polar surface area (TPSA) is 88.0 Å². The number of alkyl halides is 3. The van der Waals surface area contributed by atoms with E-state index >= 15 is 0 Å². The summed E-state index contributed by atoms with van der Waals surface area (Å²) in [4.78, 5) is 28.8. The Morgan fingerprint density at radius 3 is 2.37 bits per heavy atom. The molecule has 0 bridgehead atoms. The highest BCUT2D eigenvalue weighted by atomic mass is 19.4. The van der Waals surface area contributed by atoms with Crippen molar-refractivity contribution in [2.75, 3.05) is 5.32 Å². The van der Waals surface area contributed by atoms with Crippen LogP contribution in [0.1, 0.15) is 46.8 Å². The van der Waals surface area contributed by atoms with Crippen molar-refractivity contribution < 1.29 is 41.4 Å². The number of carbonyl (C=O) groups excluding carboxylic acids is 1. The van der Waals surface area contributed by atoms with Crippen molar-refractivity contribution >= 4 is 23.3 Å². The predicted octanol–water partition coefficient (Wildman–Crippen LogP) is 6.76. The van der Waals surface area contributed by atoms with Crippen LogP contribution in [0.25, 0.3) is 0 Å². The third-order valence-electron chi connectivity index (χ3n) is 6.13. The van der Waals surface area contributed by atoms with Crippen LogP contribution < -0.4 is 10.1 Å². The fourth-order valence-corrected chi connectivity index (χ4v) is 3.96. The molecule has 0 spiro atoms. The average molecular weight is 532 g/mol. The maximum Gasteiger partial charge on any atom is 0.416 e. The van der Waals surface area contributed by atoms with E-state index in [1.54, 1.807) is 0 Å². The van der Waals surface area contributed by atoms with E-state index in [1.165, 1.54) is 38.1 Å². The van der Waals surface area contributed by atoms with Gasteiger partial charge in [0, 0.05) is 17.0 Å². The third kappa shape index (κ3) is 5.51. The Morgan fingerprint density at radius 2 is 1.74 bits per heavy atom. The van der Waals surface area contributed by atoms with Gasteiger partial charge in [-0.3, -0.25) is 9.79 Å². The van der Waals surface area contributed by atoms with Crippen molar-refractivity contribution in [2.24, 2.45) is 4.99 Å². The van der Waals surface area contributed by atoms with Gasteiger partial charge in [-0.15, -0.1) is 0 Å². The van der Waals surface area contributed by atoms with Gasteiger partial charge in [-0.25, -0.2) is 13.6 Å². The van der Waals surface area contributed by atoms with Gasteiger partial charge in [0.25, 0.3) is 5.91 Å². The number of aryl methyl sites for hydroxylation is 1. The number of hydrogen-bond donors (Lipinski definition) is 2. The third-order valence-corrected chi connectivity index (χ3v) is 6.13. The first-order chi connectivity index (χ1) is 17.8. The number of aliphatic imine (C=N–C) groups is 1. The van der Waals surface area contributed by atoms with Crippen molar-refractivity contribution in [2.45, 2.75) is 38.4 Å². The lowest BCUT2D eigenvalue weighted by atomic mass is 9.99. The highest BCUT2D eigenvalue weighted by Gasteiger charge is 2.38. The number of hydrogen-bond acceptors (Lipinski definition) is 4. The molecule has 6 nitrogen and oxygen atoms in total. The van der Waals surface area contributed by atoms with Crippen molar-refractivity contribution in [3.63, 3.8) is 0 Å². The molecular weight excluding hydrogens is 511 g/mol. The molecule has 3 aromatic carbocycles. The van der Waals surface area contributed by atoms with Gasteiger partial charge >= 0.3 is 12.1 Å². The van der Waals surface area contributed by atoms with E-state index in [2.05, 4.69) is 10.3 Å². The van der Waals surface area contributed by atoms with Crippen LogP contribution in [0.15, 0.2) is 59.6 Å². The van der Waals surface area contributed by atoms with Crippen LogP contribution in [0.5, 0.6) is 11.5 Å². The van der Waals surface area contributed by atoms with Crippen LogP contribution in [0.2, 0.25) is 0 Å². The second-order valence-electron chi connectivity index (χ2n) is 9.01. The number of ether oxygens (including phenoxy) is 1. The van der Waals surface area contributed by atoms with Crippen molar-refractivity contribution in [3.05, 3.63) is 88.5 Å². The minimum absolute atomic E-state index is 0.0322. The number of carboxylic acid groups (broad SMARTS) is 1. The summed E-state index contributed by atoms with van der Waals surface area (Å²) < 4.78 is 73.9. The predicted molar refractivity (Wildman–Crippen MR) is 129 cm³/mol. The van der Waals surface area contributed by atoms with E-state index in [1.807, 2.05) is 0 Å². The molecule has 0 fully saturated rings. The van der Waals surface area contributed by atoms with E-state index in [9.17, 15) is 36.6 Å². The van der Waals surface area contributed by atoms with E-state index < -0.39 is 46.4 Å². The molecule has 4 rings (SSSR count). The highest BCUT2D eigenvalue weighted by Crippen LogP contribution is 2.36. The molecule has 198 valence electrons. The summed E-state index contributed by atoms with van der Waals surface area (Å²) in [5.74, 6) is -3.47. The van der Waals surface area contributed by atoms with Gasteiger partial charge in [0.05, 0.1) is 11.1 Å². The number of halogens is 5. The van der Waals surface area contributed by atoms with Gasteiger partial charge in [-0.05, 0) is 86.8 Å². The number of carboxylic acids is 1. The summed E-state index contributed by atoms with van der Waals surface area (Å²) in [6.07, 6.45) is -4.42. The lowest BCUT2D eigenvalue weighted by molar-refractivity contribution is -0.142. The molecule has 0 aromatic heterocycles. The molecule has 3 aromatic rings. The number of amides is 1. The standard InChI is InChI=1S/C27H21F5N2O4/c1-14-11-16(28)4-8-22(14)38-23-7-3-15(27(30,31)32)12-19(23)24(35)33-17-5-6-20(29)18(13-17)21-9-10-26(2,34-21)25(36)37/h3-8,11-13H,9-10H2,1-2H3,(H,33,35)(H,36,37). The van der Waals surface area contributed by atoms with Gasteiger partial charge in [-0.2, -0.15) is 13.2 Å². The molecule has 0 saturated carbocycles. The molecule has 1 aliphatic rings. The van der Waals surface area contributed by atoms with E-state index in [0.717, 1.165) is 24.3 Å². The molecule has 1 atom stereocenters. The Labute approximate surface area is 213 Å². The normalized spacial score (nSPS) is 17.2.